The number of hydrogen-bond donors (Lipinski definition) is 3. The first kappa shape index (κ1) is 31.5. The summed E-state index contributed by atoms with van der Waals surface area (Å²) in [5, 5.41) is 7.63. The lowest BCUT2D eigenvalue weighted by atomic mass is 10.1. The van der Waals surface area contributed by atoms with Crippen LogP contribution in [0.4, 0.5) is 15.8 Å². The number of thioether (sulfide) groups is 1. The predicted molar refractivity (Wildman–Crippen MR) is 173 cm³/mol. The van der Waals surface area contributed by atoms with Crippen LogP contribution in [0.25, 0.3) is 6.08 Å². The van der Waals surface area contributed by atoms with Gasteiger partial charge in [-0.05, 0) is 80.6 Å². The molecule has 3 N–H and O–H groups in total. The smallest absolute Gasteiger partial charge is 0.272 e. The van der Waals surface area contributed by atoms with Crippen LogP contribution in [0.15, 0.2) is 112 Å². The molecule has 0 saturated carbocycles. The fourth-order valence-electron chi connectivity index (χ4n) is 3.88. The lowest BCUT2D eigenvalue weighted by molar-refractivity contribution is -0.115. The molecule has 0 heterocycles. The first-order chi connectivity index (χ1) is 20.7. The molecule has 0 aliphatic rings. The highest BCUT2D eigenvalue weighted by molar-refractivity contribution is 9.10. The van der Waals surface area contributed by atoms with E-state index in [9.17, 15) is 18.8 Å². The lowest BCUT2D eigenvalue weighted by Gasteiger charge is -2.14. The van der Waals surface area contributed by atoms with Crippen LogP contribution in [0, 0.1) is 5.82 Å². The van der Waals surface area contributed by atoms with Crippen molar-refractivity contribution in [2.75, 3.05) is 17.2 Å². The van der Waals surface area contributed by atoms with Crippen molar-refractivity contribution in [2.45, 2.75) is 24.0 Å². The Balaban J connectivity index is 1.46. The largest absolute Gasteiger partial charge is 0.493 e. The number of halogens is 2. The van der Waals surface area contributed by atoms with Crippen LogP contribution in [0.3, 0.4) is 0 Å². The molecule has 0 aliphatic heterocycles. The van der Waals surface area contributed by atoms with Crippen LogP contribution in [0.1, 0.15) is 29.8 Å². The van der Waals surface area contributed by atoms with E-state index in [1.807, 2.05) is 19.1 Å². The van der Waals surface area contributed by atoms with E-state index in [2.05, 4.69) is 31.9 Å². The molecule has 0 radical (unpaired) electrons. The molecular formula is C33H29BrFN3O4S. The monoisotopic (exact) mass is 661 g/mol. The third-order valence-electron chi connectivity index (χ3n) is 6.03. The summed E-state index contributed by atoms with van der Waals surface area (Å²) >= 11 is 4.49. The van der Waals surface area contributed by atoms with Gasteiger partial charge in [0.15, 0.2) is 0 Å². The van der Waals surface area contributed by atoms with E-state index in [0.717, 1.165) is 4.90 Å². The minimum absolute atomic E-state index is 0.0323. The molecule has 0 spiro atoms. The molecule has 0 aromatic heterocycles. The number of hydrogen-bond acceptors (Lipinski definition) is 5. The predicted octanol–water partition coefficient (Wildman–Crippen LogP) is 7.52. The van der Waals surface area contributed by atoms with E-state index >= 15 is 0 Å². The summed E-state index contributed by atoms with van der Waals surface area (Å²) in [6.07, 6.45) is 1.57. The second kappa shape index (κ2) is 15.2. The molecule has 0 bridgehead atoms. The number of anilines is 2. The van der Waals surface area contributed by atoms with Crippen molar-refractivity contribution in [3.8, 4) is 5.75 Å². The SMILES string of the molecule is CCOc1ccccc1/C=C(\NC(=O)c1ccccc1)C(=O)Nc1ccc(SC(C)C(=O)Nc2ccc(Br)cc2F)cc1. The van der Waals surface area contributed by atoms with Gasteiger partial charge in [0.1, 0.15) is 17.3 Å². The number of carbonyl (C=O) groups is 3. The van der Waals surface area contributed by atoms with Crippen molar-refractivity contribution in [3.63, 3.8) is 0 Å². The Morgan fingerprint density at radius 3 is 2.33 bits per heavy atom. The average Bonchev–Trinajstić information content (AvgIpc) is 3.00. The zero-order chi connectivity index (χ0) is 30.8. The average molecular weight is 663 g/mol. The number of ether oxygens (including phenoxy) is 1. The first-order valence-corrected chi connectivity index (χ1v) is 15.0. The molecule has 1 unspecified atom stereocenters. The Bertz CT molecular complexity index is 1630. The zero-order valence-corrected chi connectivity index (χ0v) is 25.8. The Labute approximate surface area is 262 Å². The van der Waals surface area contributed by atoms with Crippen molar-refractivity contribution in [3.05, 3.63) is 124 Å². The van der Waals surface area contributed by atoms with Crippen molar-refractivity contribution in [2.24, 2.45) is 0 Å². The standard InChI is InChI=1S/C33H29BrFN3O4S/c1-3-42-30-12-8-7-11-23(30)19-29(38-32(40)22-9-5-4-6-10-22)33(41)36-25-14-16-26(17-15-25)43-21(2)31(39)37-28-18-13-24(34)20-27(28)35/h4-21H,3H2,1-2H3,(H,36,41)(H,37,39)(H,38,40)/b29-19-. The van der Waals surface area contributed by atoms with Gasteiger partial charge in [0, 0.05) is 26.2 Å². The Morgan fingerprint density at radius 2 is 1.63 bits per heavy atom. The highest BCUT2D eigenvalue weighted by atomic mass is 79.9. The van der Waals surface area contributed by atoms with Gasteiger partial charge < -0.3 is 20.7 Å². The number of amides is 3. The van der Waals surface area contributed by atoms with Gasteiger partial charge in [-0.3, -0.25) is 14.4 Å². The van der Waals surface area contributed by atoms with Gasteiger partial charge in [-0.15, -0.1) is 11.8 Å². The van der Waals surface area contributed by atoms with Gasteiger partial charge in [0.2, 0.25) is 5.91 Å². The van der Waals surface area contributed by atoms with Gasteiger partial charge >= 0.3 is 0 Å². The van der Waals surface area contributed by atoms with Crippen LogP contribution in [-0.2, 0) is 9.59 Å². The molecule has 0 saturated heterocycles. The Hall–Kier alpha value is -4.41. The molecule has 0 fully saturated rings. The molecule has 10 heteroatoms. The molecule has 3 amide bonds. The lowest BCUT2D eigenvalue weighted by Crippen LogP contribution is -2.30. The maximum atomic E-state index is 14.1. The maximum absolute atomic E-state index is 14.1. The number of rotatable bonds is 11. The zero-order valence-electron chi connectivity index (χ0n) is 23.4. The number of benzene rings is 4. The summed E-state index contributed by atoms with van der Waals surface area (Å²) in [5.74, 6) is -1.26. The van der Waals surface area contributed by atoms with E-state index in [1.165, 1.54) is 23.9 Å². The van der Waals surface area contributed by atoms with Gasteiger partial charge in [0.05, 0.1) is 17.5 Å². The van der Waals surface area contributed by atoms with Crippen LogP contribution in [-0.4, -0.2) is 29.6 Å². The van der Waals surface area contributed by atoms with Gasteiger partial charge in [-0.1, -0.05) is 52.3 Å². The van der Waals surface area contributed by atoms with Crippen LogP contribution in [0.2, 0.25) is 0 Å². The summed E-state index contributed by atoms with van der Waals surface area (Å²) in [4.78, 5) is 39.7. The summed E-state index contributed by atoms with van der Waals surface area (Å²) in [7, 11) is 0. The van der Waals surface area contributed by atoms with Crippen molar-refractivity contribution < 1.29 is 23.5 Å². The Morgan fingerprint density at radius 1 is 0.930 bits per heavy atom. The fourth-order valence-corrected chi connectivity index (χ4v) is 5.08. The molecule has 220 valence electrons. The highest BCUT2D eigenvalue weighted by Crippen LogP contribution is 2.27. The minimum Gasteiger partial charge on any atom is -0.493 e. The topological polar surface area (TPSA) is 96.5 Å². The summed E-state index contributed by atoms with van der Waals surface area (Å²) in [6, 6.07) is 27.2. The molecule has 4 aromatic rings. The number of carbonyl (C=O) groups excluding carboxylic acids is 3. The summed E-state index contributed by atoms with van der Waals surface area (Å²) < 4.78 is 20.4. The summed E-state index contributed by atoms with van der Waals surface area (Å²) in [6.45, 7) is 4.02. The molecular weight excluding hydrogens is 633 g/mol. The van der Waals surface area contributed by atoms with Gasteiger partial charge in [-0.2, -0.15) is 0 Å². The van der Waals surface area contributed by atoms with Crippen molar-refractivity contribution in [1.29, 1.82) is 0 Å². The maximum Gasteiger partial charge on any atom is 0.272 e. The van der Waals surface area contributed by atoms with E-state index in [-0.39, 0.29) is 17.3 Å². The van der Waals surface area contributed by atoms with Crippen molar-refractivity contribution in [1.82, 2.24) is 5.32 Å². The molecule has 1 atom stereocenters. The van der Waals surface area contributed by atoms with E-state index in [1.54, 1.807) is 85.8 Å². The van der Waals surface area contributed by atoms with Gasteiger partial charge in [-0.25, -0.2) is 4.39 Å². The third kappa shape index (κ3) is 9.04. The normalized spacial score (nSPS) is 11.8. The molecule has 0 aliphatic carbocycles. The number of nitrogens with one attached hydrogen (secondary N) is 3. The quantitative estimate of drug-likeness (QED) is 0.114. The second-order valence-electron chi connectivity index (χ2n) is 9.20. The molecule has 43 heavy (non-hydrogen) atoms. The first-order valence-electron chi connectivity index (χ1n) is 13.4. The van der Waals surface area contributed by atoms with Gasteiger partial charge in [0.25, 0.3) is 11.8 Å². The molecule has 4 rings (SSSR count). The second-order valence-corrected chi connectivity index (χ2v) is 11.5. The Kier molecular flexibility index (Phi) is 11.1. The van der Waals surface area contributed by atoms with E-state index < -0.39 is 22.9 Å². The van der Waals surface area contributed by atoms with Crippen LogP contribution >= 0.6 is 27.7 Å². The molecule has 7 nitrogen and oxygen atoms in total. The van der Waals surface area contributed by atoms with E-state index in [4.69, 9.17) is 4.74 Å². The van der Waals surface area contributed by atoms with Crippen molar-refractivity contribution >= 4 is 62.9 Å². The van der Waals surface area contributed by atoms with E-state index in [0.29, 0.717) is 33.6 Å². The minimum atomic E-state index is -0.533. The fraction of sp³-hybridized carbons (Fsp3) is 0.121. The molecule has 4 aromatic carbocycles. The summed E-state index contributed by atoms with van der Waals surface area (Å²) in [5.41, 5.74) is 1.66. The van der Waals surface area contributed by atoms with Crippen LogP contribution in [0.5, 0.6) is 5.75 Å². The number of para-hydroxylation sites is 1. The third-order valence-corrected chi connectivity index (χ3v) is 7.64. The van der Waals surface area contributed by atoms with Crippen LogP contribution < -0.4 is 20.7 Å². The highest BCUT2D eigenvalue weighted by Gasteiger charge is 2.18.